The molecule has 0 aliphatic carbocycles. The zero-order chi connectivity index (χ0) is 14.5. The molecule has 2 aromatic carbocycles. The van der Waals surface area contributed by atoms with Crippen LogP contribution in [0.4, 0.5) is 8.78 Å². The summed E-state index contributed by atoms with van der Waals surface area (Å²) in [6.07, 6.45) is 0. The number of aryl methyl sites for hydroxylation is 1. The number of thioether (sulfide) groups is 1. The van der Waals surface area contributed by atoms with Gasteiger partial charge in [0.05, 0.1) is 0 Å². The number of hydrogen-bond acceptors (Lipinski definition) is 2. The van der Waals surface area contributed by atoms with E-state index in [9.17, 15) is 8.78 Å². The molecule has 20 heavy (non-hydrogen) atoms. The Balaban J connectivity index is 2.07. The normalized spacial score (nSPS) is 12.4. The van der Waals surface area contributed by atoms with E-state index in [1.165, 1.54) is 17.7 Å². The summed E-state index contributed by atoms with van der Waals surface area (Å²) >= 11 is 1.65. The van der Waals surface area contributed by atoms with Crippen molar-refractivity contribution in [2.75, 3.05) is 12.8 Å². The van der Waals surface area contributed by atoms with Crippen LogP contribution in [0.2, 0.25) is 0 Å². The Hall–Kier alpha value is -1.39. The predicted octanol–water partition coefficient (Wildman–Crippen LogP) is 4.33. The first-order valence-electron chi connectivity index (χ1n) is 6.42. The molecule has 0 heterocycles. The molecule has 2 aromatic rings. The number of rotatable bonds is 5. The van der Waals surface area contributed by atoms with Crippen LogP contribution in [-0.2, 0) is 0 Å². The lowest BCUT2D eigenvalue weighted by Gasteiger charge is -2.17. The lowest BCUT2D eigenvalue weighted by Crippen LogP contribution is -2.20. The SMILES string of the molecule is CNC(CSc1ccc(C)cc1)c1ccc(F)cc1F. The van der Waals surface area contributed by atoms with Gasteiger partial charge in [0, 0.05) is 28.3 Å². The second-order valence-corrected chi connectivity index (χ2v) is 5.72. The minimum Gasteiger partial charge on any atom is -0.312 e. The maximum atomic E-state index is 13.8. The van der Waals surface area contributed by atoms with Gasteiger partial charge in [-0.2, -0.15) is 0 Å². The third-order valence-electron chi connectivity index (χ3n) is 3.12. The van der Waals surface area contributed by atoms with E-state index < -0.39 is 11.6 Å². The molecule has 0 bridgehead atoms. The summed E-state index contributed by atoms with van der Waals surface area (Å²) in [6.45, 7) is 2.04. The highest BCUT2D eigenvalue weighted by Gasteiger charge is 2.15. The molecule has 0 saturated carbocycles. The van der Waals surface area contributed by atoms with Crippen molar-refractivity contribution in [2.24, 2.45) is 0 Å². The summed E-state index contributed by atoms with van der Waals surface area (Å²) in [6, 6.07) is 11.8. The molecule has 0 fully saturated rings. The summed E-state index contributed by atoms with van der Waals surface area (Å²) in [5.74, 6) is -0.372. The zero-order valence-electron chi connectivity index (χ0n) is 11.5. The van der Waals surface area contributed by atoms with Gasteiger partial charge >= 0.3 is 0 Å². The van der Waals surface area contributed by atoms with E-state index >= 15 is 0 Å². The molecule has 0 aliphatic heterocycles. The zero-order valence-corrected chi connectivity index (χ0v) is 12.3. The Labute approximate surface area is 122 Å². The molecular formula is C16H17F2NS. The van der Waals surface area contributed by atoms with E-state index in [0.717, 1.165) is 11.0 Å². The smallest absolute Gasteiger partial charge is 0.130 e. The second kappa shape index (κ2) is 6.86. The van der Waals surface area contributed by atoms with Gasteiger partial charge < -0.3 is 5.32 Å². The van der Waals surface area contributed by atoms with E-state index in [1.54, 1.807) is 18.8 Å². The van der Waals surface area contributed by atoms with E-state index in [0.29, 0.717) is 11.3 Å². The maximum absolute atomic E-state index is 13.8. The Bertz CT molecular complexity index is 569. The van der Waals surface area contributed by atoms with Crippen LogP contribution < -0.4 is 5.32 Å². The average Bonchev–Trinajstić information content (AvgIpc) is 2.43. The van der Waals surface area contributed by atoms with Crippen LogP contribution in [0.15, 0.2) is 47.4 Å². The average molecular weight is 293 g/mol. The lowest BCUT2D eigenvalue weighted by atomic mass is 10.1. The molecule has 1 atom stereocenters. The Kier molecular flexibility index (Phi) is 5.15. The fourth-order valence-corrected chi connectivity index (χ4v) is 2.96. The second-order valence-electron chi connectivity index (χ2n) is 4.63. The third kappa shape index (κ3) is 3.81. The van der Waals surface area contributed by atoms with Crippen molar-refractivity contribution in [1.82, 2.24) is 5.32 Å². The minimum atomic E-state index is -0.549. The van der Waals surface area contributed by atoms with Gasteiger partial charge in [-0.05, 0) is 32.2 Å². The summed E-state index contributed by atoms with van der Waals surface area (Å²) < 4.78 is 26.7. The first-order valence-corrected chi connectivity index (χ1v) is 7.40. The number of benzene rings is 2. The first-order chi connectivity index (χ1) is 9.60. The van der Waals surface area contributed by atoms with Crippen molar-refractivity contribution in [3.05, 3.63) is 65.2 Å². The molecule has 1 unspecified atom stereocenters. The molecule has 0 radical (unpaired) electrons. The van der Waals surface area contributed by atoms with Crippen LogP contribution in [0.3, 0.4) is 0 Å². The topological polar surface area (TPSA) is 12.0 Å². The van der Waals surface area contributed by atoms with Crippen LogP contribution in [0.5, 0.6) is 0 Å². The van der Waals surface area contributed by atoms with Gasteiger partial charge in [-0.15, -0.1) is 11.8 Å². The van der Waals surface area contributed by atoms with E-state index in [1.807, 2.05) is 19.1 Å². The Morgan fingerprint density at radius 2 is 1.80 bits per heavy atom. The molecule has 0 aromatic heterocycles. The van der Waals surface area contributed by atoms with Crippen molar-refractivity contribution >= 4 is 11.8 Å². The van der Waals surface area contributed by atoms with Gasteiger partial charge in [0.2, 0.25) is 0 Å². The summed E-state index contributed by atoms with van der Waals surface area (Å²) in [4.78, 5) is 1.14. The molecule has 1 N–H and O–H groups in total. The molecule has 0 saturated heterocycles. The molecule has 1 nitrogen and oxygen atoms in total. The van der Waals surface area contributed by atoms with Crippen LogP contribution in [-0.4, -0.2) is 12.8 Å². The highest BCUT2D eigenvalue weighted by Crippen LogP contribution is 2.26. The number of nitrogens with one attached hydrogen (secondary N) is 1. The Morgan fingerprint density at radius 3 is 2.40 bits per heavy atom. The summed E-state index contributed by atoms with van der Waals surface area (Å²) in [5, 5.41) is 3.08. The molecule has 0 spiro atoms. The molecule has 0 amide bonds. The summed E-state index contributed by atoms with van der Waals surface area (Å²) in [7, 11) is 1.78. The van der Waals surface area contributed by atoms with Crippen molar-refractivity contribution in [3.8, 4) is 0 Å². The van der Waals surface area contributed by atoms with Gasteiger partial charge in [0.25, 0.3) is 0 Å². The number of hydrogen-bond donors (Lipinski definition) is 1. The van der Waals surface area contributed by atoms with Gasteiger partial charge in [-0.1, -0.05) is 23.8 Å². The summed E-state index contributed by atoms with van der Waals surface area (Å²) in [5.41, 5.74) is 1.71. The third-order valence-corrected chi connectivity index (χ3v) is 4.23. The van der Waals surface area contributed by atoms with Crippen molar-refractivity contribution in [2.45, 2.75) is 17.9 Å². The van der Waals surface area contributed by atoms with Gasteiger partial charge in [-0.25, -0.2) is 8.78 Å². The highest BCUT2D eigenvalue weighted by atomic mass is 32.2. The van der Waals surface area contributed by atoms with E-state index in [4.69, 9.17) is 0 Å². The molecule has 4 heteroatoms. The van der Waals surface area contributed by atoms with Gasteiger partial charge in [0.15, 0.2) is 0 Å². The minimum absolute atomic E-state index is 0.151. The number of halogens is 2. The van der Waals surface area contributed by atoms with Gasteiger partial charge in [0.1, 0.15) is 11.6 Å². The molecular weight excluding hydrogens is 276 g/mol. The van der Waals surface area contributed by atoms with Crippen molar-refractivity contribution in [1.29, 1.82) is 0 Å². The predicted molar refractivity (Wildman–Crippen MR) is 80.1 cm³/mol. The lowest BCUT2D eigenvalue weighted by molar-refractivity contribution is 0.545. The highest BCUT2D eigenvalue weighted by molar-refractivity contribution is 7.99. The maximum Gasteiger partial charge on any atom is 0.130 e. The van der Waals surface area contributed by atoms with Crippen molar-refractivity contribution in [3.63, 3.8) is 0 Å². The largest absolute Gasteiger partial charge is 0.312 e. The quantitative estimate of drug-likeness (QED) is 0.824. The molecule has 2 rings (SSSR count). The standard InChI is InChI=1S/C16H17F2NS/c1-11-3-6-13(7-4-11)20-10-16(19-2)14-8-5-12(17)9-15(14)18/h3-9,16,19H,10H2,1-2H3. The van der Waals surface area contributed by atoms with E-state index in [2.05, 4.69) is 17.4 Å². The van der Waals surface area contributed by atoms with Gasteiger partial charge in [-0.3, -0.25) is 0 Å². The van der Waals surface area contributed by atoms with E-state index in [-0.39, 0.29) is 6.04 Å². The Morgan fingerprint density at radius 1 is 1.10 bits per heavy atom. The molecule has 0 aliphatic rings. The van der Waals surface area contributed by atoms with Crippen LogP contribution >= 0.6 is 11.8 Å². The van der Waals surface area contributed by atoms with Crippen LogP contribution in [0, 0.1) is 18.6 Å². The van der Waals surface area contributed by atoms with Crippen LogP contribution in [0.25, 0.3) is 0 Å². The monoisotopic (exact) mass is 293 g/mol. The fraction of sp³-hybridized carbons (Fsp3) is 0.250. The van der Waals surface area contributed by atoms with Crippen LogP contribution in [0.1, 0.15) is 17.2 Å². The van der Waals surface area contributed by atoms with Crippen molar-refractivity contribution < 1.29 is 8.78 Å². The first kappa shape index (κ1) is 15.0. The fourth-order valence-electron chi connectivity index (χ4n) is 1.93. The molecule has 106 valence electrons.